The van der Waals surface area contributed by atoms with Crippen LogP contribution in [0.3, 0.4) is 0 Å². The van der Waals surface area contributed by atoms with Crippen LogP contribution >= 0.6 is 11.6 Å². The minimum absolute atomic E-state index is 0.279. The first kappa shape index (κ1) is 15.3. The number of carbonyl (C=O) groups is 1. The first-order valence-corrected chi connectivity index (χ1v) is 6.77. The molecule has 0 saturated carbocycles. The number of anilines is 1. The number of halogens is 2. The van der Waals surface area contributed by atoms with Crippen molar-refractivity contribution in [1.29, 1.82) is 0 Å². The lowest BCUT2D eigenvalue weighted by molar-refractivity contribution is 0.0955. The molecule has 0 saturated heterocycles. The van der Waals surface area contributed by atoms with Crippen molar-refractivity contribution in [3.63, 3.8) is 0 Å². The first-order valence-electron chi connectivity index (χ1n) is 6.39. The Bertz CT molecular complexity index is 649. The maximum atomic E-state index is 13.5. The minimum Gasteiger partial charge on any atom is -0.352 e. The lowest BCUT2D eigenvalue weighted by Gasteiger charge is -2.10. The van der Waals surface area contributed by atoms with Crippen LogP contribution in [0.2, 0.25) is 5.02 Å². The first-order chi connectivity index (χ1) is 10.1. The standard InChI is InChI=1S/C15H15ClFN3O/c16-11-5-6-14(20-18)12(9-11)15(21)19-8-7-10-3-1-2-4-13(10)17/h1-6,9,20H,7-8,18H2,(H,19,21). The van der Waals surface area contributed by atoms with Crippen molar-refractivity contribution in [2.24, 2.45) is 5.84 Å². The molecule has 4 nitrogen and oxygen atoms in total. The third kappa shape index (κ3) is 3.93. The molecule has 0 heterocycles. The van der Waals surface area contributed by atoms with Crippen LogP contribution in [0.4, 0.5) is 10.1 Å². The van der Waals surface area contributed by atoms with Gasteiger partial charge in [0, 0.05) is 11.6 Å². The van der Waals surface area contributed by atoms with E-state index in [-0.39, 0.29) is 11.7 Å². The maximum absolute atomic E-state index is 13.5. The van der Waals surface area contributed by atoms with E-state index in [1.165, 1.54) is 12.1 Å². The SMILES string of the molecule is NNc1ccc(Cl)cc1C(=O)NCCc1ccccc1F. The van der Waals surface area contributed by atoms with E-state index < -0.39 is 0 Å². The van der Waals surface area contributed by atoms with E-state index in [2.05, 4.69) is 10.7 Å². The molecule has 0 aromatic heterocycles. The van der Waals surface area contributed by atoms with Crippen molar-refractivity contribution in [2.45, 2.75) is 6.42 Å². The molecule has 0 spiro atoms. The molecule has 0 fully saturated rings. The Morgan fingerprint density at radius 2 is 2.00 bits per heavy atom. The number of benzene rings is 2. The highest BCUT2D eigenvalue weighted by atomic mass is 35.5. The van der Waals surface area contributed by atoms with E-state index in [9.17, 15) is 9.18 Å². The largest absolute Gasteiger partial charge is 0.352 e. The molecule has 110 valence electrons. The molecule has 0 atom stereocenters. The summed E-state index contributed by atoms with van der Waals surface area (Å²) in [7, 11) is 0. The van der Waals surface area contributed by atoms with Gasteiger partial charge in [-0.25, -0.2) is 4.39 Å². The lowest BCUT2D eigenvalue weighted by Crippen LogP contribution is -2.27. The van der Waals surface area contributed by atoms with Gasteiger partial charge < -0.3 is 10.7 Å². The summed E-state index contributed by atoms with van der Waals surface area (Å²) in [4.78, 5) is 12.1. The second-order valence-electron chi connectivity index (χ2n) is 4.43. The lowest BCUT2D eigenvalue weighted by atomic mass is 10.1. The van der Waals surface area contributed by atoms with Gasteiger partial charge in [-0.05, 0) is 36.2 Å². The van der Waals surface area contributed by atoms with E-state index >= 15 is 0 Å². The van der Waals surface area contributed by atoms with Crippen molar-refractivity contribution in [2.75, 3.05) is 12.0 Å². The second-order valence-corrected chi connectivity index (χ2v) is 4.87. The normalized spacial score (nSPS) is 10.2. The number of hydrazine groups is 1. The maximum Gasteiger partial charge on any atom is 0.253 e. The third-order valence-electron chi connectivity index (χ3n) is 3.02. The zero-order valence-corrected chi connectivity index (χ0v) is 12.0. The highest BCUT2D eigenvalue weighted by Gasteiger charge is 2.11. The van der Waals surface area contributed by atoms with Crippen LogP contribution in [0.25, 0.3) is 0 Å². The number of rotatable bonds is 5. The summed E-state index contributed by atoms with van der Waals surface area (Å²) >= 11 is 5.87. The van der Waals surface area contributed by atoms with Gasteiger partial charge in [0.05, 0.1) is 11.3 Å². The van der Waals surface area contributed by atoms with Gasteiger partial charge in [-0.2, -0.15) is 0 Å². The Labute approximate surface area is 127 Å². The molecular formula is C15H15ClFN3O. The number of nitrogens with one attached hydrogen (secondary N) is 2. The van der Waals surface area contributed by atoms with Gasteiger partial charge in [-0.1, -0.05) is 29.8 Å². The molecule has 0 radical (unpaired) electrons. The summed E-state index contributed by atoms with van der Waals surface area (Å²) in [6, 6.07) is 11.2. The van der Waals surface area contributed by atoms with Gasteiger partial charge in [-0.3, -0.25) is 10.6 Å². The van der Waals surface area contributed by atoms with E-state index in [0.29, 0.717) is 34.8 Å². The summed E-state index contributed by atoms with van der Waals surface area (Å²) in [6.45, 7) is 0.316. The van der Waals surface area contributed by atoms with Crippen molar-refractivity contribution in [1.82, 2.24) is 5.32 Å². The predicted octanol–water partition coefficient (Wildman–Crippen LogP) is 2.74. The Hall–Kier alpha value is -2.11. The molecule has 2 aromatic carbocycles. The van der Waals surface area contributed by atoms with Gasteiger partial charge in [0.2, 0.25) is 0 Å². The molecule has 0 aliphatic rings. The van der Waals surface area contributed by atoms with E-state index in [1.54, 1.807) is 30.3 Å². The molecule has 0 unspecified atom stereocenters. The number of amides is 1. The van der Waals surface area contributed by atoms with E-state index in [1.807, 2.05) is 0 Å². The smallest absolute Gasteiger partial charge is 0.253 e. The molecule has 6 heteroatoms. The molecular weight excluding hydrogens is 293 g/mol. The molecule has 0 aliphatic carbocycles. The summed E-state index contributed by atoms with van der Waals surface area (Å²) < 4.78 is 13.5. The van der Waals surface area contributed by atoms with Crippen molar-refractivity contribution in [3.05, 3.63) is 64.4 Å². The van der Waals surface area contributed by atoms with Crippen LogP contribution in [-0.2, 0) is 6.42 Å². The van der Waals surface area contributed by atoms with Crippen LogP contribution < -0.4 is 16.6 Å². The summed E-state index contributed by atoms with van der Waals surface area (Å²) in [6.07, 6.45) is 0.407. The second kappa shape index (κ2) is 7.06. The molecule has 0 bridgehead atoms. The number of hydrogen-bond acceptors (Lipinski definition) is 3. The van der Waals surface area contributed by atoms with Crippen molar-refractivity contribution in [3.8, 4) is 0 Å². The zero-order chi connectivity index (χ0) is 15.2. The van der Waals surface area contributed by atoms with E-state index in [0.717, 1.165) is 0 Å². The van der Waals surface area contributed by atoms with Crippen LogP contribution in [0.5, 0.6) is 0 Å². The Balaban J connectivity index is 1.99. The molecule has 2 rings (SSSR count). The van der Waals surface area contributed by atoms with Gasteiger partial charge in [-0.15, -0.1) is 0 Å². The molecule has 21 heavy (non-hydrogen) atoms. The molecule has 2 aromatic rings. The van der Waals surface area contributed by atoms with Crippen molar-refractivity contribution < 1.29 is 9.18 Å². The topological polar surface area (TPSA) is 67.1 Å². The summed E-state index contributed by atoms with van der Waals surface area (Å²) in [5.74, 6) is 4.76. The van der Waals surface area contributed by atoms with Gasteiger partial charge >= 0.3 is 0 Å². The summed E-state index contributed by atoms with van der Waals surface area (Å²) in [5, 5.41) is 3.15. The van der Waals surface area contributed by atoms with Gasteiger partial charge in [0.25, 0.3) is 5.91 Å². The fraction of sp³-hybridized carbons (Fsp3) is 0.133. The number of hydrogen-bond donors (Lipinski definition) is 3. The zero-order valence-electron chi connectivity index (χ0n) is 11.2. The fourth-order valence-electron chi connectivity index (χ4n) is 1.94. The highest BCUT2D eigenvalue weighted by Crippen LogP contribution is 2.19. The Kier molecular flexibility index (Phi) is 5.14. The highest BCUT2D eigenvalue weighted by molar-refractivity contribution is 6.31. The van der Waals surface area contributed by atoms with Gasteiger partial charge in [0.15, 0.2) is 0 Å². The molecule has 0 aliphatic heterocycles. The minimum atomic E-state index is -0.318. The average Bonchev–Trinajstić information content (AvgIpc) is 2.49. The van der Waals surface area contributed by atoms with Crippen molar-refractivity contribution >= 4 is 23.2 Å². The molecule has 1 amide bonds. The van der Waals surface area contributed by atoms with Crippen LogP contribution in [-0.4, -0.2) is 12.5 Å². The Morgan fingerprint density at radius 3 is 2.71 bits per heavy atom. The quantitative estimate of drug-likeness (QED) is 0.588. The number of nitrogen functional groups attached to an aromatic ring is 1. The molecule has 4 N–H and O–H groups in total. The predicted molar refractivity (Wildman–Crippen MR) is 81.7 cm³/mol. The number of carbonyl (C=O) groups excluding carboxylic acids is 1. The summed E-state index contributed by atoms with van der Waals surface area (Å²) in [5.41, 5.74) is 3.82. The monoisotopic (exact) mass is 307 g/mol. The third-order valence-corrected chi connectivity index (χ3v) is 3.25. The van der Waals surface area contributed by atoms with Gasteiger partial charge in [0.1, 0.15) is 5.82 Å². The van der Waals surface area contributed by atoms with Crippen LogP contribution in [0.1, 0.15) is 15.9 Å². The van der Waals surface area contributed by atoms with E-state index in [4.69, 9.17) is 17.4 Å². The van der Waals surface area contributed by atoms with Crippen LogP contribution in [0, 0.1) is 5.82 Å². The van der Waals surface area contributed by atoms with Crippen LogP contribution in [0.15, 0.2) is 42.5 Å². The average molecular weight is 308 g/mol. The fourth-order valence-corrected chi connectivity index (χ4v) is 2.11. The number of nitrogens with two attached hydrogens (primary N) is 1. The Morgan fingerprint density at radius 1 is 1.24 bits per heavy atom.